The van der Waals surface area contributed by atoms with Crippen LogP contribution in [-0.2, 0) is 17.6 Å². The Hall–Kier alpha value is -3.26. The van der Waals surface area contributed by atoms with Crippen LogP contribution in [0.25, 0.3) is 10.9 Å². The van der Waals surface area contributed by atoms with Crippen LogP contribution in [0.4, 0.5) is 0 Å². The third-order valence-electron chi connectivity index (χ3n) is 5.02. The number of nitrogens with zero attached hydrogens (tertiary/aromatic N) is 3. The van der Waals surface area contributed by atoms with Gasteiger partial charge in [0.05, 0.1) is 23.7 Å². The molecule has 7 nitrogen and oxygen atoms in total. The SMILES string of the molecule is C=CCc1cc(C=Nn2c(CCCC)nc3ccc(Br)cc3c2=O)cc(OCC)c1OC(C)=O. The zero-order valence-electron chi connectivity index (χ0n) is 19.6. The van der Waals surface area contributed by atoms with Gasteiger partial charge < -0.3 is 9.47 Å². The number of ether oxygens (including phenoxy) is 2. The summed E-state index contributed by atoms with van der Waals surface area (Å²) in [4.78, 5) is 29.6. The lowest BCUT2D eigenvalue weighted by Gasteiger charge is -2.15. The molecule has 1 heterocycles. The maximum atomic E-state index is 13.3. The molecule has 2 aromatic carbocycles. The number of unbranched alkanes of at least 4 members (excludes halogenated alkanes) is 1. The molecule has 0 radical (unpaired) electrons. The molecule has 0 atom stereocenters. The minimum atomic E-state index is -0.437. The zero-order chi connectivity index (χ0) is 24.7. The van der Waals surface area contributed by atoms with Crippen molar-refractivity contribution in [2.45, 2.75) is 46.5 Å². The molecule has 0 aliphatic carbocycles. The van der Waals surface area contributed by atoms with Gasteiger partial charge >= 0.3 is 5.97 Å². The van der Waals surface area contributed by atoms with Crippen LogP contribution in [0.2, 0.25) is 0 Å². The van der Waals surface area contributed by atoms with E-state index in [0.717, 1.165) is 22.9 Å². The Labute approximate surface area is 207 Å². The van der Waals surface area contributed by atoms with Gasteiger partial charge in [0.15, 0.2) is 11.5 Å². The first-order valence-corrected chi connectivity index (χ1v) is 12.0. The highest BCUT2D eigenvalue weighted by Gasteiger charge is 2.15. The molecule has 0 aliphatic rings. The number of rotatable bonds is 10. The Morgan fingerprint density at radius 1 is 1.26 bits per heavy atom. The fourth-order valence-corrected chi connectivity index (χ4v) is 3.88. The molecule has 0 fully saturated rings. The summed E-state index contributed by atoms with van der Waals surface area (Å²) in [7, 11) is 0. The van der Waals surface area contributed by atoms with Crippen molar-refractivity contribution < 1.29 is 14.3 Å². The second-order valence-electron chi connectivity index (χ2n) is 7.68. The van der Waals surface area contributed by atoms with Crippen LogP contribution in [0.15, 0.2) is 57.4 Å². The molecule has 178 valence electrons. The first kappa shape index (κ1) is 25.4. The molecular weight excluding hydrogens is 498 g/mol. The summed E-state index contributed by atoms with van der Waals surface area (Å²) in [5.74, 6) is 0.959. The average Bonchev–Trinajstić information content (AvgIpc) is 2.80. The number of hydrogen-bond donors (Lipinski definition) is 0. The number of aryl methyl sites for hydroxylation is 1. The number of hydrogen-bond acceptors (Lipinski definition) is 6. The molecule has 1 aromatic heterocycles. The van der Waals surface area contributed by atoms with Gasteiger partial charge in [-0.15, -0.1) is 6.58 Å². The van der Waals surface area contributed by atoms with Crippen LogP contribution in [0.3, 0.4) is 0 Å². The van der Waals surface area contributed by atoms with E-state index in [2.05, 4.69) is 34.5 Å². The van der Waals surface area contributed by atoms with Crippen LogP contribution >= 0.6 is 15.9 Å². The van der Waals surface area contributed by atoms with Gasteiger partial charge in [-0.05, 0) is 55.7 Å². The molecule has 8 heteroatoms. The number of allylic oxidation sites excluding steroid dienone is 1. The molecule has 0 bridgehead atoms. The number of fused-ring (bicyclic) bond motifs is 1. The van der Waals surface area contributed by atoms with Gasteiger partial charge in [0.25, 0.3) is 5.56 Å². The third-order valence-corrected chi connectivity index (χ3v) is 5.51. The fourth-order valence-electron chi connectivity index (χ4n) is 3.52. The van der Waals surface area contributed by atoms with E-state index in [1.54, 1.807) is 24.4 Å². The summed E-state index contributed by atoms with van der Waals surface area (Å²) in [6.07, 6.45) is 6.27. The quantitative estimate of drug-likeness (QED) is 0.152. The van der Waals surface area contributed by atoms with Gasteiger partial charge in [-0.2, -0.15) is 9.78 Å². The molecular formula is C26H28BrN3O4. The van der Waals surface area contributed by atoms with Gasteiger partial charge in [-0.3, -0.25) is 9.59 Å². The van der Waals surface area contributed by atoms with Crippen LogP contribution < -0.4 is 15.0 Å². The summed E-state index contributed by atoms with van der Waals surface area (Å²) < 4.78 is 13.3. The lowest BCUT2D eigenvalue weighted by Crippen LogP contribution is -2.22. The zero-order valence-corrected chi connectivity index (χ0v) is 21.2. The molecule has 0 amide bonds. The number of esters is 1. The Bertz CT molecular complexity index is 1300. The van der Waals surface area contributed by atoms with Crippen LogP contribution in [0.1, 0.15) is 50.6 Å². The average molecular weight is 526 g/mol. The topological polar surface area (TPSA) is 82.8 Å². The lowest BCUT2D eigenvalue weighted by molar-refractivity contribution is -0.132. The second kappa shape index (κ2) is 11.7. The van der Waals surface area contributed by atoms with Crippen LogP contribution in [-0.4, -0.2) is 28.5 Å². The molecule has 3 aromatic rings. The number of halogens is 1. The molecule has 0 aliphatic heterocycles. The van der Waals surface area contributed by atoms with Crippen molar-refractivity contribution in [1.29, 1.82) is 0 Å². The maximum absolute atomic E-state index is 13.3. The second-order valence-corrected chi connectivity index (χ2v) is 8.60. The number of benzene rings is 2. The normalized spacial score (nSPS) is 11.2. The van der Waals surface area contributed by atoms with Gasteiger partial charge in [-0.25, -0.2) is 4.98 Å². The van der Waals surface area contributed by atoms with Crippen molar-refractivity contribution in [1.82, 2.24) is 9.66 Å². The van der Waals surface area contributed by atoms with Crippen molar-refractivity contribution in [2.75, 3.05) is 6.61 Å². The fraction of sp³-hybridized carbons (Fsp3) is 0.308. The highest BCUT2D eigenvalue weighted by Crippen LogP contribution is 2.33. The molecule has 0 N–H and O–H groups in total. The number of carbonyl (C=O) groups excluding carboxylic acids is 1. The third kappa shape index (κ3) is 5.99. The first-order valence-electron chi connectivity index (χ1n) is 11.2. The number of aromatic nitrogens is 2. The van der Waals surface area contributed by atoms with E-state index in [9.17, 15) is 9.59 Å². The van der Waals surface area contributed by atoms with E-state index in [0.29, 0.717) is 53.2 Å². The molecule has 0 saturated heterocycles. The Kier molecular flexibility index (Phi) is 8.76. The van der Waals surface area contributed by atoms with E-state index < -0.39 is 5.97 Å². The molecule has 0 saturated carbocycles. The largest absolute Gasteiger partial charge is 0.490 e. The van der Waals surface area contributed by atoms with Crippen LogP contribution in [0, 0.1) is 0 Å². The highest BCUT2D eigenvalue weighted by molar-refractivity contribution is 9.10. The van der Waals surface area contributed by atoms with E-state index >= 15 is 0 Å². The van der Waals surface area contributed by atoms with E-state index in [4.69, 9.17) is 14.5 Å². The molecule has 3 rings (SSSR count). The Morgan fingerprint density at radius 2 is 2.06 bits per heavy atom. The van der Waals surface area contributed by atoms with Gasteiger partial charge in [0.1, 0.15) is 5.82 Å². The van der Waals surface area contributed by atoms with E-state index in [1.165, 1.54) is 11.6 Å². The van der Waals surface area contributed by atoms with Crippen molar-refractivity contribution in [3.05, 3.63) is 74.8 Å². The predicted octanol–water partition coefficient (Wildman–Crippen LogP) is 5.44. The van der Waals surface area contributed by atoms with Gasteiger partial charge in [-0.1, -0.05) is 35.4 Å². The van der Waals surface area contributed by atoms with Crippen molar-refractivity contribution >= 4 is 39.0 Å². The minimum Gasteiger partial charge on any atom is -0.490 e. The predicted molar refractivity (Wildman–Crippen MR) is 138 cm³/mol. The molecule has 0 spiro atoms. The van der Waals surface area contributed by atoms with E-state index in [1.807, 2.05) is 25.1 Å². The highest BCUT2D eigenvalue weighted by atomic mass is 79.9. The number of carbonyl (C=O) groups is 1. The summed E-state index contributed by atoms with van der Waals surface area (Å²) >= 11 is 3.42. The smallest absolute Gasteiger partial charge is 0.308 e. The summed E-state index contributed by atoms with van der Waals surface area (Å²) in [6, 6.07) is 9.03. The lowest BCUT2D eigenvalue weighted by atomic mass is 10.1. The summed E-state index contributed by atoms with van der Waals surface area (Å²) in [6.45, 7) is 9.47. The van der Waals surface area contributed by atoms with Crippen molar-refractivity contribution in [3.8, 4) is 11.5 Å². The molecule has 0 unspecified atom stereocenters. The summed E-state index contributed by atoms with van der Waals surface area (Å²) in [5.41, 5.74) is 1.83. The standard InChI is InChI=1S/C26H28BrN3O4/c1-5-8-10-24-29-22-12-11-20(27)15-21(22)26(32)30(24)28-16-18-13-19(9-6-2)25(34-17(4)31)23(14-18)33-7-3/h6,11-16H,2,5,7-10H2,1,3-4H3. The van der Waals surface area contributed by atoms with Crippen molar-refractivity contribution in [2.24, 2.45) is 5.10 Å². The van der Waals surface area contributed by atoms with E-state index in [-0.39, 0.29) is 5.56 Å². The van der Waals surface area contributed by atoms with Crippen LogP contribution in [0.5, 0.6) is 11.5 Å². The van der Waals surface area contributed by atoms with Crippen molar-refractivity contribution in [3.63, 3.8) is 0 Å². The van der Waals surface area contributed by atoms with Gasteiger partial charge in [0, 0.05) is 23.4 Å². The molecule has 34 heavy (non-hydrogen) atoms. The monoisotopic (exact) mass is 525 g/mol. The Morgan fingerprint density at radius 3 is 2.74 bits per heavy atom. The van der Waals surface area contributed by atoms with Gasteiger partial charge in [0.2, 0.25) is 0 Å². The Balaban J connectivity index is 2.14. The minimum absolute atomic E-state index is 0.235. The first-order chi connectivity index (χ1) is 16.4. The summed E-state index contributed by atoms with van der Waals surface area (Å²) in [5, 5.41) is 5.00. The maximum Gasteiger partial charge on any atom is 0.308 e.